The van der Waals surface area contributed by atoms with Crippen molar-refractivity contribution in [2.24, 2.45) is 0 Å². The highest BCUT2D eigenvalue weighted by Crippen LogP contribution is 2.26. The molecule has 1 aromatic carbocycles. The van der Waals surface area contributed by atoms with Gasteiger partial charge >= 0.3 is 0 Å². The van der Waals surface area contributed by atoms with Gasteiger partial charge in [-0.15, -0.1) is 0 Å². The van der Waals surface area contributed by atoms with Crippen LogP contribution in [0.3, 0.4) is 0 Å². The zero-order valence-electron chi connectivity index (χ0n) is 12.8. The molecule has 1 atom stereocenters. The lowest BCUT2D eigenvalue weighted by Gasteiger charge is -2.38. The highest BCUT2D eigenvalue weighted by Gasteiger charge is 2.32. The molecular formula is C17H25N3O. The number of benzene rings is 1. The van der Waals surface area contributed by atoms with Crippen molar-refractivity contribution < 1.29 is 4.79 Å². The Morgan fingerprint density at radius 2 is 1.95 bits per heavy atom. The molecule has 0 spiro atoms. The molecule has 0 bridgehead atoms. The average Bonchev–Trinajstić information content (AvgIpc) is 2.69. The minimum Gasteiger partial charge on any atom is -0.324 e. The fraction of sp³-hybridized carbons (Fsp3) is 0.588. The molecule has 1 fully saturated rings. The summed E-state index contributed by atoms with van der Waals surface area (Å²) in [6.45, 7) is 5.25. The molecule has 0 saturated carbocycles. The molecule has 0 aromatic heterocycles. The van der Waals surface area contributed by atoms with E-state index >= 15 is 0 Å². The van der Waals surface area contributed by atoms with Crippen LogP contribution in [0.1, 0.15) is 31.7 Å². The number of hydrogen-bond acceptors (Lipinski definition) is 3. The number of aryl methyl sites for hydroxylation is 1. The van der Waals surface area contributed by atoms with Crippen LogP contribution in [0.4, 0.5) is 5.69 Å². The van der Waals surface area contributed by atoms with Gasteiger partial charge in [-0.2, -0.15) is 0 Å². The second-order valence-electron chi connectivity index (χ2n) is 6.01. The van der Waals surface area contributed by atoms with Crippen LogP contribution in [-0.2, 0) is 11.2 Å². The monoisotopic (exact) mass is 287 g/mol. The van der Waals surface area contributed by atoms with Crippen LogP contribution >= 0.6 is 0 Å². The van der Waals surface area contributed by atoms with Crippen molar-refractivity contribution >= 4 is 11.6 Å². The first-order valence-electron chi connectivity index (χ1n) is 8.15. The summed E-state index contributed by atoms with van der Waals surface area (Å²) in [5, 5.41) is 6.54. The summed E-state index contributed by atoms with van der Waals surface area (Å²) in [7, 11) is 0. The van der Waals surface area contributed by atoms with Crippen LogP contribution in [-0.4, -0.2) is 42.5 Å². The molecule has 2 heterocycles. The van der Waals surface area contributed by atoms with Crippen molar-refractivity contribution in [1.29, 1.82) is 0 Å². The molecule has 2 aliphatic rings. The summed E-state index contributed by atoms with van der Waals surface area (Å²) in [4.78, 5) is 15.1. The van der Waals surface area contributed by atoms with Crippen molar-refractivity contribution in [2.45, 2.75) is 44.7 Å². The van der Waals surface area contributed by atoms with Gasteiger partial charge in [-0.25, -0.2) is 0 Å². The zero-order valence-corrected chi connectivity index (χ0v) is 12.8. The molecule has 114 valence electrons. The predicted molar refractivity (Wildman–Crippen MR) is 85.5 cm³/mol. The van der Waals surface area contributed by atoms with E-state index in [4.69, 9.17) is 0 Å². The van der Waals surface area contributed by atoms with Crippen molar-refractivity contribution in [3.63, 3.8) is 0 Å². The maximum Gasteiger partial charge on any atom is 0.241 e. The minimum atomic E-state index is 0.00509. The van der Waals surface area contributed by atoms with Gasteiger partial charge in [0.05, 0.1) is 6.04 Å². The summed E-state index contributed by atoms with van der Waals surface area (Å²) in [6.07, 6.45) is 4.18. The Morgan fingerprint density at radius 3 is 2.71 bits per heavy atom. The first kappa shape index (κ1) is 14.5. The smallest absolute Gasteiger partial charge is 0.241 e. The topological polar surface area (TPSA) is 44.4 Å². The number of nitrogens with one attached hydrogen (secondary N) is 2. The van der Waals surface area contributed by atoms with Gasteiger partial charge in [-0.1, -0.05) is 25.1 Å². The molecule has 0 radical (unpaired) electrons. The molecule has 1 amide bonds. The van der Waals surface area contributed by atoms with Crippen LogP contribution in [0.5, 0.6) is 0 Å². The van der Waals surface area contributed by atoms with Crippen LogP contribution in [0.15, 0.2) is 24.3 Å². The van der Waals surface area contributed by atoms with E-state index in [-0.39, 0.29) is 11.9 Å². The van der Waals surface area contributed by atoms with Gasteiger partial charge in [0.15, 0.2) is 0 Å². The zero-order chi connectivity index (χ0) is 14.7. The van der Waals surface area contributed by atoms with Crippen LogP contribution in [0.25, 0.3) is 0 Å². The summed E-state index contributed by atoms with van der Waals surface area (Å²) in [6, 6.07) is 8.72. The lowest BCUT2D eigenvalue weighted by molar-refractivity contribution is -0.122. The molecular weight excluding hydrogens is 262 g/mol. The third-order valence-electron chi connectivity index (χ3n) is 4.81. The first-order valence-corrected chi connectivity index (χ1v) is 8.15. The quantitative estimate of drug-likeness (QED) is 0.894. The third kappa shape index (κ3) is 3.11. The standard InChI is InChI=1S/C17H25N3O/c1-2-20(14-9-11-18-12-10-14)16-8-7-13-5-3-4-6-15(13)19-17(16)21/h3-6,14,16,18H,2,7-12H2,1H3,(H,19,21). The Labute approximate surface area is 126 Å². The van der Waals surface area contributed by atoms with E-state index in [1.54, 1.807) is 0 Å². The minimum absolute atomic E-state index is 0.00509. The van der Waals surface area contributed by atoms with Gasteiger partial charge < -0.3 is 10.6 Å². The molecule has 4 nitrogen and oxygen atoms in total. The van der Waals surface area contributed by atoms with E-state index in [9.17, 15) is 4.79 Å². The molecule has 0 aliphatic carbocycles. The Balaban J connectivity index is 1.77. The fourth-order valence-corrected chi connectivity index (χ4v) is 3.69. The van der Waals surface area contributed by atoms with Crippen molar-refractivity contribution in [3.05, 3.63) is 29.8 Å². The second-order valence-corrected chi connectivity index (χ2v) is 6.01. The average molecular weight is 287 g/mol. The number of para-hydroxylation sites is 1. The van der Waals surface area contributed by atoms with E-state index in [0.717, 1.165) is 51.0 Å². The summed E-state index contributed by atoms with van der Waals surface area (Å²) < 4.78 is 0. The Hall–Kier alpha value is -1.39. The van der Waals surface area contributed by atoms with Crippen LogP contribution < -0.4 is 10.6 Å². The predicted octanol–water partition coefficient (Wildman–Crippen LogP) is 2.01. The summed E-state index contributed by atoms with van der Waals surface area (Å²) in [5.41, 5.74) is 2.25. The number of rotatable bonds is 3. The van der Waals surface area contributed by atoms with Gasteiger partial charge in [0.25, 0.3) is 0 Å². The maximum atomic E-state index is 12.7. The largest absolute Gasteiger partial charge is 0.324 e. The lowest BCUT2D eigenvalue weighted by Crippen LogP contribution is -2.52. The molecule has 3 rings (SSSR count). The number of likely N-dealkylation sites (N-methyl/N-ethyl adjacent to an activating group) is 1. The highest BCUT2D eigenvalue weighted by atomic mass is 16.2. The number of carbonyl (C=O) groups is 1. The normalized spacial score (nSPS) is 23.5. The van der Waals surface area contributed by atoms with E-state index in [1.165, 1.54) is 5.56 Å². The molecule has 21 heavy (non-hydrogen) atoms. The van der Waals surface area contributed by atoms with Gasteiger partial charge in [-0.05, 0) is 56.9 Å². The number of hydrogen-bond donors (Lipinski definition) is 2. The van der Waals surface area contributed by atoms with Gasteiger partial charge in [0, 0.05) is 11.7 Å². The SMILES string of the molecule is CCN(C1CCNCC1)C1CCc2ccccc2NC1=O. The summed E-state index contributed by atoms with van der Waals surface area (Å²) >= 11 is 0. The number of amides is 1. The van der Waals surface area contributed by atoms with Crippen molar-refractivity contribution in [2.75, 3.05) is 25.0 Å². The maximum absolute atomic E-state index is 12.7. The fourth-order valence-electron chi connectivity index (χ4n) is 3.69. The Kier molecular flexibility index (Phi) is 4.56. The molecule has 1 aromatic rings. The van der Waals surface area contributed by atoms with Crippen LogP contribution in [0, 0.1) is 0 Å². The molecule has 2 N–H and O–H groups in total. The van der Waals surface area contributed by atoms with E-state index in [0.29, 0.717) is 6.04 Å². The molecule has 4 heteroatoms. The highest BCUT2D eigenvalue weighted by molar-refractivity contribution is 5.96. The molecule has 1 unspecified atom stereocenters. The number of carbonyl (C=O) groups excluding carboxylic acids is 1. The van der Waals surface area contributed by atoms with E-state index in [1.807, 2.05) is 12.1 Å². The first-order chi connectivity index (χ1) is 10.3. The third-order valence-corrected chi connectivity index (χ3v) is 4.81. The number of anilines is 1. The lowest BCUT2D eigenvalue weighted by atomic mass is 9.99. The van der Waals surface area contributed by atoms with Gasteiger partial charge in [0.2, 0.25) is 5.91 Å². The molecule has 2 aliphatic heterocycles. The Bertz CT molecular complexity index is 497. The summed E-state index contributed by atoms with van der Waals surface area (Å²) in [5.74, 6) is 0.167. The number of piperidine rings is 1. The van der Waals surface area contributed by atoms with Crippen molar-refractivity contribution in [3.8, 4) is 0 Å². The second kappa shape index (κ2) is 6.58. The van der Waals surface area contributed by atoms with Gasteiger partial charge in [-0.3, -0.25) is 9.69 Å². The molecule has 1 saturated heterocycles. The Morgan fingerprint density at radius 1 is 1.19 bits per heavy atom. The van der Waals surface area contributed by atoms with E-state index in [2.05, 4.69) is 34.6 Å². The number of nitrogens with zero attached hydrogens (tertiary/aromatic N) is 1. The van der Waals surface area contributed by atoms with Crippen molar-refractivity contribution in [1.82, 2.24) is 10.2 Å². The van der Waals surface area contributed by atoms with E-state index < -0.39 is 0 Å². The van der Waals surface area contributed by atoms with Crippen LogP contribution in [0.2, 0.25) is 0 Å². The number of fused-ring (bicyclic) bond motifs is 1. The van der Waals surface area contributed by atoms with Gasteiger partial charge in [0.1, 0.15) is 0 Å².